The van der Waals surface area contributed by atoms with Crippen molar-refractivity contribution in [2.24, 2.45) is 5.92 Å². The van der Waals surface area contributed by atoms with Gasteiger partial charge in [0.1, 0.15) is 0 Å². The summed E-state index contributed by atoms with van der Waals surface area (Å²) in [6.45, 7) is 0. The molecule has 1 amide bonds. The molecule has 4 heteroatoms. The van der Waals surface area contributed by atoms with Crippen molar-refractivity contribution in [2.45, 2.75) is 31.3 Å². The molecule has 0 bridgehead atoms. The number of hydrogen-bond acceptors (Lipinski definition) is 2. The van der Waals surface area contributed by atoms with Crippen LogP contribution in [-0.4, -0.2) is 27.9 Å². The second kappa shape index (κ2) is 4.12. The molecule has 2 fully saturated rings. The van der Waals surface area contributed by atoms with Crippen molar-refractivity contribution in [3.63, 3.8) is 0 Å². The Kier molecular flexibility index (Phi) is 2.58. The van der Waals surface area contributed by atoms with Gasteiger partial charge in [-0.15, -0.1) is 0 Å². The van der Waals surface area contributed by atoms with Crippen LogP contribution in [0.5, 0.6) is 0 Å². The predicted octanol–water partition coefficient (Wildman–Crippen LogP) is 1.82. The standard InChI is InChI=1S/C14H15NO3/c16-12-8-11(14(17)18)13(15(12)10-6-7-10)9-4-2-1-3-5-9/h1-5,10-11,13H,6-8H2,(H,17,18)/t11-,13-/m0/s1. The minimum atomic E-state index is -0.875. The van der Waals surface area contributed by atoms with Gasteiger partial charge < -0.3 is 10.0 Å². The molecule has 0 unspecified atom stereocenters. The average Bonchev–Trinajstić information content (AvgIpc) is 3.13. The highest BCUT2D eigenvalue weighted by molar-refractivity contribution is 5.87. The number of rotatable bonds is 3. The van der Waals surface area contributed by atoms with E-state index in [4.69, 9.17) is 0 Å². The van der Waals surface area contributed by atoms with Crippen molar-refractivity contribution in [1.29, 1.82) is 0 Å². The fraction of sp³-hybridized carbons (Fsp3) is 0.429. The molecule has 1 aliphatic carbocycles. The summed E-state index contributed by atoms with van der Waals surface area (Å²) in [5.74, 6) is -1.50. The van der Waals surface area contributed by atoms with Gasteiger partial charge in [0.05, 0.1) is 12.0 Å². The van der Waals surface area contributed by atoms with Crippen LogP contribution in [0.2, 0.25) is 0 Å². The van der Waals surface area contributed by atoms with Crippen LogP contribution in [-0.2, 0) is 9.59 Å². The van der Waals surface area contributed by atoms with E-state index in [-0.39, 0.29) is 24.4 Å². The van der Waals surface area contributed by atoms with Crippen LogP contribution in [0.25, 0.3) is 0 Å². The Labute approximate surface area is 105 Å². The van der Waals surface area contributed by atoms with Gasteiger partial charge in [0, 0.05) is 12.5 Å². The van der Waals surface area contributed by atoms with Gasteiger partial charge in [0.2, 0.25) is 5.91 Å². The summed E-state index contributed by atoms with van der Waals surface area (Å²) >= 11 is 0. The highest BCUT2D eigenvalue weighted by Gasteiger charge is 2.49. The minimum Gasteiger partial charge on any atom is -0.481 e. The molecule has 2 aliphatic rings. The lowest BCUT2D eigenvalue weighted by Gasteiger charge is -2.27. The highest BCUT2D eigenvalue weighted by Crippen LogP contribution is 2.44. The molecule has 94 valence electrons. The third kappa shape index (κ3) is 1.78. The van der Waals surface area contributed by atoms with Crippen LogP contribution in [0.15, 0.2) is 30.3 Å². The normalized spacial score (nSPS) is 27.6. The Balaban J connectivity index is 1.99. The second-order valence-corrected chi connectivity index (χ2v) is 5.04. The molecule has 0 spiro atoms. The average molecular weight is 245 g/mol. The first-order chi connectivity index (χ1) is 8.68. The zero-order valence-electron chi connectivity index (χ0n) is 9.95. The third-order valence-corrected chi connectivity index (χ3v) is 3.76. The molecule has 1 heterocycles. The van der Waals surface area contributed by atoms with Crippen molar-refractivity contribution in [3.05, 3.63) is 35.9 Å². The summed E-state index contributed by atoms with van der Waals surface area (Å²) in [6.07, 6.45) is 2.13. The molecule has 3 rings (SSSR count). The van der Waals surface area contributed by atoms with Crippen molar-refractivity contribution in [1.82, 2.24) is 4.90 Å². The number of nitrogens with zero attached hydrogens (tertiary/aromatic N) is 1. The lowest BCUT2D eigenvalue weighted by atomic mass is 9.94. The molecule has 4 nitrogen and oxygen atoms in total. The number of carboxylic acids is 1. The van der Waals surface area contributed by atoms with E-state index in [0.717, 1.165) is 18.4 Å². The number of carbonyl (C=O) groups is 2. The smallest absolute Gasteiger partial charge is 0.309 e. The first-order valence-corrected chi connectivity index (χ1v) is 6.27. The first kappa shape index (κ1) is 11.3. The van der Waals surface area contributed by atoms with E-state index in [0.29, 0.717) is 0 Å². The van der Waals surface area contributed by atoms with E-state index in [2.05, 4.69) is 0 Å². The number of likely N-dealkylation sites (tertiary alicyclic amines) is 1. The molecule has 2 atom stereocenters. The Bertz CT molecular complexity index is 481. The number of carbonyl (C=O) groups excluding carboxylic acids is 1. The maximum absolute atomic E-state index is 12.0. The molecule has 1 aromatic rings. The van der Waals surface area contributed by atoms with E-state index < -0.39 is 11.9 Å². The summed E-state index contributed by atoms with van der Waals surface area (Å²) in [5.41, 5.74) is 0.933. The topological polar surface area (TPSA) is 57.6 Å². The van der Waals surface area contributed by atoms with Crippen molar-refractivity contribution >= 4 is 11.9 Å². The Hall–Kier alpha value is -1.84. The van der Waals surface area contributed by atoms with Crippen LogP contribution < -0.4 is 0 Å². The van der Waals surface area contributed by atoms with Crippen LogP contribution in [0.4, 0.5) is 0 Å². The van der Waals surface area contributed by atoms with Gasteiger partial charge in [-0.05, 0) is 18.4 Å². The third-order valence-electron chi connectivity index (χ3n) is 3.76. The number of carboxylic acid groups (broad SMARTS) is 1. The fourth-order valence-corrected chi connectivity index (χ4v) is 2.80. The second-order valence-electron chi connectivity index (χ2n) is 5.04. The molecule has 1 saturated carbocycles. The van der Waals surface area contributed by atoms with E-state index in [1.807, 2.05) is 30.3 Å². The Morgan fingerprint density at radius 1 is 1.22 bits per heavy atom. The first-order valence-electron chi connectivity index (χ1n) is 6.27. The van der Waals surface area contributed by atoms with Gasteiger partial charge >= 0.3 is 5.97 Å². The van der Waals surface area contributed by atoms with E-state index in [1.54, 1.807) is 4.90 Å². The molecular weight excluding hydrogens is 230 g/mol. The molecule has 18 heavy (non-hydrogen) atoms. The van der Waals surface area contributed by atoms with Crippen LogP contribution in [0.1, 0.15) is 30.9 Å². The van der Waals surface area contributed by atoms with Gasteiger partial charge in [0.25, 0.3) is 0 Å². The molecule has 1 saturated heterocycles. The van der Waals surface area contributed by atoms with Crippen LogP contribution >= 0.6 is 0 Å². The summed E-state index contributed by atoms with van der Waals surface area (Å²) in [6, 6.07) is 9.47. The SMILES string of the molecule is O=C(O)[C@H]1CC(=O)N(C2CC2)[C@H]1c1ccccc1. The van der Waals surface area contributed by atoms with Crippen molar-refractivity contribution in [3.8, 4) is 0 Å². The lowest BCUT2D eigenvalue weighted by Crippen LogP contribution is -2.32. The number of hydrogen-bond donors (Lipinski definition) is 1. The van der Waals surface area contributed by atoms with Gasteiger partial charge in [-0.1, -0.05) is 30.3 Å². The van der Waals surface area contributed by atoms with Crippen molar-refractivity contribution < 1.29 is 14.7 Å². The number of amides is 1. The maximum Gasteiger partial charge on any atom is 0.309 e. The zero-order chi connectivity index (χ0) is 12.7. The molecule has 1 aromatic carbocycles. The highest BCUT2D eigenvalue weighted by atomic mass is 16.4. The zero-order valence-corrected chi connectivity index (χ0v) is 9.95. The summed E-state index contributed by atoms with van der Waals surface area (Å²) < 4.78 is 0. The number of aliphatic carboxylic acids is 1. The summed E-state index contributed by atoms with van der Waals surface area (Å²) in [7, 11) is 0. The molecule has 0 aromatic heterocycles. The van der Waals surface area contributed by atoms with Crippen LogP contribution in [0.3, 0.4) is 0 Å². The van der Waals surface area contributed by atoms with Gasteiger partial charge in [-0.2, -0.15) is 0 Å². The van der Waals surface area contributed by atoms with Gasteiger partial charge in [0.15, 0.2) is 0 Å². The Morgan fingerprint density at radius 3 is 2.44 bits per heavy atom. The summed E-state index contributed by atoms with van der Waals surface area (Å²) in [4.78, 5) is 25.2. The maximum atomic E-state index is 12.0. The predicted molar refractivity (Wildman–Crippen MR) is 64.8 cm³/mol. The van der Waals surface area contributed by atoms with Crippen molar-refractivity contribution in [2.75, 3.05) is 0 Å². The van der Waals surface area contributed by atoms with Crippen LogP contribution in [0, 0.1) is 5.92 Å². The Morgan fingerprint density at radius 2 is 1.89 bits per heavy atom. The van der Waals surface area contributed by atoms with E-state index in [1.165, 1.54) is 0 Å². The van der Waals surface area contributed by atoms with Gasteiger partial charge in [-0.3, -0.25) is 9.59 Å². The molecule has 0 radical (unpaired) electrons. The monoisotopic (exact) mass is 245 g/mol. The molecule has 1 N–H and O–H groups in total. The lowest BCUT2D eigenvalue weighted by molar-refractivity contribution is -0.142. The van der Waals surface area contributed by atoms with Gasteiger partial charge in [-0.25, -0.2) is 0 Å². The largest absolute Gasteiger partial charge is 0.481 e. The van der Waals surface area contributed by atoms with E-state index >= 15 is 0 Å². The van der Waals surface area contributed by atoms with E-state index in [9.17, 15) is 14.7 Å². The minimum absolute atomic E-state index is 0.0150. The molecule has 1 aliphatic heterocycles. The quantitative estimate of drug-likeness (QED) is 0.883. The molecular formula is C14H15NO3. The fourth-order valence-electron chi connectivity index (χ4n) is 2.80. The number of benzene rings is 1. The summed E-state index contributed by atoms with van der Waals surface area (Å²) in [5, 5.41) is 9.30.